The lowest BCUT2D eigenvalue weighted by atomic mass is 10.2. The molecule has 0 N–H and O–H groups in total. The van der Waals surface area contributed by atoms with Crippen LogP contribution in [-0.4, -0.2) is 17.3 Å². The van der Waals surface area contributed by atoms with Gasteiger partial charge in [0.15, 0.2) is 0 Å². The van der Waals surface area contributed by atoms with E-state index in [-0.39, 0.29) is 40.1 Å². The maximum Gasteiger partial charge on any atom is 0.416 e. The molecule has 32 heavy (non-hydrogen) atoms. The van der Waals surface area contributed by atoms with Crippen LogP contribution in [0.4, 0.5) is 18.9 Å². The first kappa shape index (κ1) is 26.9. The summed E-state index contributed by atoms with van der Waals surface area (Å²) in [5, 5.41) is 11.2. The van der Waals surface area contributed by atoms with Crippen LogP contribution in [0, 0.1) is 10.1 Å². The summed E-state index contributed by atoms with van der Waals surface area (Å²) in [6.45, 7) is 3.88. The van der Waals surface area contributed by atoms with Crippen LogP contribution in [0.5, 0.6) is 11.5 Å². The number of alkyl halides is 3. The Kier molecular flexibility index (Phi) is 9.78. The van der Waals surface area contributed by atoms with E-state index in [4.69, 9.17) is 20.9 Å². The van der Waals surface area contributed by atoms with Gasteiger partial charge in [-0.2, -0.15) is 13.2 Å². The summed E-state index contributed by atoms with van der Waals surface area (Å²) >= 11 is 8.08. The van der Waals surface area contributed by atoms with Crippen molar-refractivity contribution in [3.63, 3.8) is 0 Å². The second-order valence-corrected chi connectivity index (χ2v) is 14.2. The largest absolute Gasteiger partial charge is 0.456 e. The Morgan fingerprint density at radius 3 is 2.44 bits per heavy atom. The first-order chi connectivity index (χ1) is 15.0. The van der Waals surface area contributed by atoms with Crippen LogP contribution in [0.3, 0.4) is 0 Å². The zero-order valence-corrected chi connectivity index (χ0v) is 20.3. The molecule has 2 aromatic carbocycles. The third-order valence-electron chi connectivity index (χ3n) is 3.85. The van der Waals surface area contributed by atoms with E-state index in [0.717, 1.165) is 36.0 Å². The Balaban J connectivity index is 2.28. The third kappa shape index (κ3) is 7.59. The van der Waals surface area contributed by atoms with Gasteiger partial charge in [-0.25, -0.2) is 0 Å². The second-order valence-electron chi connectivity index (χ2n) is 6.26. The molecule has 176 valence electrons. The van der Waals surface area contributed by atoms with Crippen LogP contribution in [0.2, 0.25) is 5.02 Å². The van der Waals surface area contributed by atoms with Crippen molar-refractivity contribution in [3.05, 3.63) is 62.7 Å². The van der Waals surface area contributed by atoms with Gasteiger partial charge in [0.25, 0.3) is 5.69 Å². The monoisotopic (exact) mass is 529 g/mol. The van der Waals surface area contributed by atoms with Gasteiger partial charge in [0.1, 0.15) is 11.5 Å². The molecule has 6 nitrogen and oxygen atoms in total. The maximum atomic E-state index is 13.0. The first-order valence-corrected chi connectivity index (χ1v) is 14.5. The van der Waals surface area contributed by atoms with Gasteiger partial charge in [0.2, 0.25) is 0 Å². The van der Waals surface area contributed by atoms with E-state index in [9.17, 15) is 27.9 Å². The molecular weight excluding hydrogens is 510 g/mol. The van der Waals surface area contributed by atoms with Gasteiger partial charge in [0, 0.05) is 23.1 Å². The fraction of sp³-hybridized carbons (Fsp3) is 0.368. The van der Waals surface area contributed by atoms with Crippen LogP contribution in [0.25, 0.3) is 0 Å². The summed E-state index contributed by atoms with van der Waals surface area (Å²) in [5.74, 6) is -2.39. The molecule has 0 amide bonds. The molecular formula is C19H20ClF3NO5PS2. The highest BCUT2D eigenvalue weighted by atomic mass is 35.5. The van der Waals surface area contributed by atoms with E-state index >= 15 is 0 Å². The van der Waals surface area contributed by atoms with E-state index < -0.39 is 22.4 Å². The van der Waals surface area contributed by atoms with E-state index in [2.05, 4.69) is 0 Å². The topological polar surface area (TPSA) is 78.7 Å². The van der Waals surface area contributed by atoms with Gasteiger partial charge in [-0.15, -0.1) is 0 Å². The molecule has 0 spiro atoms. The standard InChI is InChI=1S/C19H20ClF3NO5PS2/c1-3-9-31-30(27,28-4-2)32-12-13-10-15(6-7-17(13)24(25)26)29-18-8-5-14(11-16(18)20)19(21,22)23/h5-8,10-11H,3-4,9,12H2,1-2H3. The molecule has 0 aliphatic heterocycles. The van der Waals surface area contributed by atoms with E-state index in [0.29, 0.717) is 5.75 Å². The average Bonchev–Trinajstić information content (AvgIpc) is 2.72. The molecule has 0 saturated heterocycles. The quantitative estimate of drug-likeness (QED) is 0.164. The number of halogens is 4. The minimum absolute atomic E-state index is 0.0161. The van der Waals surface area contributed by atoms with E-state index in [1.54, 1.807) is 6.92 Å². The van der Waals surface area contributed by atoms with Crippen molar-refractivity contribution >= 4 is 45.8 Å². The molecule has 1 atom stereocenters. The van der Waals surface area contributed by atoms with Gasteiger partial charge >= 0.3 is 11.9 Å². The Bertz CT molecular complexity index is 1010. The van der Waals surface area contributed by atoms with Crippen molar-refractivity contribution in [1.82, 2.24) is 0 Å². The first-order valence-electron chi connectivity index (χ1n) is 9.34. The molecule has 2 rings (SSSR count). The smallest absolute Gasteiger partial charge is 0.416 e. The number of hydrogen-bond acceptors (Lipinski definition) is 7. The lowest BCUT2D eigenvalue weighted by Gasteiger charge is -2.16. The zero-order valence-electron chi connectivity index (χ0n) is 17.1. The number of rotatable bonds is 11. The molecule has 13 heteroatoms. The number of benzene rings is 2. The SMILES string of the molecule is CCCSP(=O)(OCC)SCc1cc(Oc2ccc(C(F)(F)F)cc2Cl)ccc1[N+](=O)[O-]. The summed E-state index contributed by atoms with van der Waals surface area (Å²) in [6.07, 6.45) is -3.76. The number of hydrogen-bond donors (Lipinski definition) is 0. The number of ether oxygens (including phenoxy) is 1. The average molecular weight is 530 g/mol. The fourth-order valence-corrected chi connectivity index (χ4v) is 9.35. The zero-order chi connectivity index (χ0) is 23.9. The fourth-order valence-electron chi connectivity index (χ4n) is 2.43. The normalized spacial score (nSPS) is 13.6. The lowest BCUT2D eigenvalue weighted by molar-refractivity contribution is -0.385. The Hall–Kier alpha value is -1.39. The summed E-state index contributed by atoms with van der Waals surface area (Å²) in [5.41, 5.74) is -0.892. The highest BCUT2D eigenvalue weighted by Gasteiger charge is 2.31. The van der Waals surface area contributed by atoms with Crippen LogP contribution in [-0.2, 0) is 21.0 Å². The van der Waals surface area contributed by atoms with Gasteiger partial charge < -0.3 is 9.26 Å². The highest BCUT2D eigenvalue weighted by molar-refractivity contribution is 8.89. The molecule has 0 saturated carbocycles. The van der Waals surface area contributed by atoms with E-state index in [1.807, 2.05) is 6.92 Å². The van der Waals surface area contributed by atoms with Crippen molar-refractivity contribution in [3.8, 4) is 11.5 Å². The molecule has 0 aliphatic carbocycles. The van der Waals surface area contributed by atoms with Crippen LogP contribution >= 0.6 is 40.1 Å². The van der Waals surface area contributed by atoms with Gasteiger partial charge in [0.05, 0.1) is 22.1 Å². The maximum absolute atomic E-state index is 13.0. The minimum atomic E-state index is -4.55. The third-order valence-corrected chi connectivity index (χ3v) is 11.7. The molecule has 0 bridgehead atoms. The van der Waals surface area contributed by atoms with Crippen molar-refractivity contribution < 1.29 is 31.9 Å². The van der Waals surface area contributed by atoms with Gasteiger partial charge in [-0.1, -0.05) is 41.3 Å². The Labute approximate surface area is 196 Å². The summed E-state index contributed by atoms with van der Waals surface area (Å²) < 4.78 is 62.4. The van der Waals surface area contributed by atoms with Crippen LogP contribution in [0.1, 0.15) is 31.4 Å². The van der Waals surface area contributed by atoms with Gasteiger partial charge in [-0.05, 0) is 43.7 Å². The van der Waals surface area contributed by atoms with Crippen molar-refractivity contribution in [2.45, 2.75) is 32.2 Å². The second kappa shape index (κ2) is 11.7. The lowest BCUT2D eigenvalue weighted by Crippen LogP contribution is -2.04. The van der Waals surface area contributed by atoms with Crippen molar-refractivity contribution in [2.75, 3.05) is 12.4 Å². The van der Waals surface area contributed by atoms with Crippen molar-refractivity contribution in [1.29, 1.82) is 0 Å². The predicted molar refractivity (Wildman–Crippen MR) is 123 cm³/mol. The molecule has 1 unspecified atom stereocenters. The van der Waals surface area contributed by atoms with Crippen molar-refractivity contribution in [2.24, 2.45) is 0 Å². The molecule has 0 aromatic heterocycles. The number of nitrogens with zero attached hydrogens (tertiary/aromatic N) is 1. The molecule has 0 fully saturated rings. The van der Waals surface area contributed by atoms with E-state index in [1.165, 1.54) is 29.6 Å². The molecule has 0 heterocycles. The molecule has 0 radical (unpaired) electrons. The summed E-state index contributed by atoms with van der Waals surface area (Å²) in [7, 11) is 0. The molecule has 0 aliphatic rings. The highest BCUT2D eigenvalue weighted by Crippen LogP contribution is 2.70. The number of nitro benzene ring substituents is 1. The van der Waals surface area contributed by atoms with Gasteiger partial charge in [-0.3, -0.25) is 14.7 Å². The molecule has 2 aromatic rings. The summed E-state index contributed by atoms with van der Waals surface area (Å²) in [4.78, 5) is 10.8. The summed E-state index contributed by atoms with van der Waals surface area (Å²) in [6, 6.07) is 6.54. The van der Waals surface area contributed by atoms with Crippen LogP contribution in [0.15, 0.2) is 36.4 Å². The Morgan fingerprint density at radius 2 is 1.88 bits per heavy atom. The van der Waals surface area contributed by atoms with Crippen LogP contribution < -0.4 is 4.74 Å². The Morgan fingerprint density at radius 1 is 1.16 bits per heavy atom. The number of nitro groups is 1. The minimum Gasteiger partial charge on any atom is -0.456 e. The predicted octanol–water partition coefficient (Wildman–Crippen LogP) is 8.58.